The summed E-state index contributed by atoms with van der Waals surface area (Å²) in [5, 5.41) is 2.88. The Morgan fingerprint density at radius 2 is 2.23 bits per heavy atom. The number of thiocarbonyl (C=S) groups is 1. The van der Waals surface area contributed by atoms with Crippen LogP contribution in [0.1, 0.15) is 6.92 Å². The highest BCUT2D eigenvalue weighted by Crippen LogP contribution is 2.05. The van der Waals surface area contributed by atoms with Gasteiger partial charge in [-0.05, 0) is 14.0 Å². The van der Waals surface area contributed by atoms with Gasteiger partial charge in [0, 0.05) is 13.1 Å². The Balaban J connectivity index is 2.29. The molecule has 1 aliphatic heterocycles. The van der Waals surface area contributed by atoms with E-state index in [0.717, 1.165) is 13.1 Å². The average molecular weight is 201 g/mol. The number of rotatable bonds is 3. The smallest absolute Gasteiger partial charge is 0.229 e. The second-order valence-electron chi connectivity index (χ2n) is 3.55. The highest BCUT2D eigenvalue weighted by Gasteiger charge is 2.26. The van der Waals surface area contributed by atoms with Crippen molar-refractivity contribution >= 4 is 23.1 Å². The largest absolute Gasteiger partial charge is 0.393 e. The fraction of sp³-hybridized carbons (Fsp3) is 0.750. The standard InChI is InChI=1S/C8H15N3OS/c1-5(7(9)13)8(12)10-6-3-11(2)4-6/h5-6H,3-4H2,1-2H3,(H2,9,13)(H,10,12). The molecule has 0 bridgehead atoms. The highest BCUT2D eigenvalue weighted by molar-refractivity contribution is 7.80. The summed E-state index contributed by atoms with van der Waals surface area (Å²) in [6.07, 6.45) is 0. The normalized spacial score (nSPS) is 20.5. The van der Waals surface area contributed by atoms with Gasteiger partial charge >= 0.3 is 0 Å². The molecule has 0 aromatic heterocycles. The lowest BCUT2D eigenvalue weighted by Gasteiger charge is -2.37. The van der Waals surface area contributed by atoms with Gasteiger partial charge in [-0.15, -0.1) is 0 Å². The monoisotopic (exact) mass is 201 g/mol. The summed E-state index contributed by atoms with van der Waals surface area (Å²) in [7, 11) is 2.01. The van der Waals surface area contributed by atoms with Crippen molar-refractivity contribution in [3.63, 3.8) is 0 Å². The minimum atomic E-state index is -0.360. The number of likely N-dealkylation sites (N-methyl/N-ethyl adjacent to an activating group) is 1. The molecule has 5 heteroatoms. The van der Waals surface area contributed by atoms with Crippen molar-refractivity contribution in [3.8, 4) is 0 Å². The van der Waals surface area contributed by atoms with Crippen LogP contribution in [0.3, 0.4) is 0 Å². The van der Waals surface area contributed by atoms with Gasteiger partial charge in [-0.2, -0.15) is 0 Å². The molecule has 1 amide bonds. The summed E-state index contributed by atoms with van der Waals surface area (Å²) in [5.74, 6) is -0.425. The number of nitrogens with one attached hydrogen (secondary N) is 1. The van der Waals surface area contributed by atoms with E-state index >= 15 is 0 Å². The van der Waals surface area contributed by atoms with Crippen LogP contribution >= 0.6 is 12.2 Å². The third-order valence-electron chi connectivity index (χ3n) is 2.23. The van der Waals surface area contributed by atoms with Gasteiger partial charge in [0.1, 0.15) is 0 Å². The lowest BCUT2D eigenvalue weighted by molar-refractivity contribution is -0.124. The number of carbonyl (C=O) groups is 1. The predicted octanol–water partition coefficient (Wildman–Crippen LogP) is -0.661. The van der Waals surface area contributed by atoms with Crippen molar-refractivity contribution in [2.75, 3.05) is 20.1 Å². The molecule has 1 aliphatic rings. The fourth-order valence-electron chi connectivity index (χ4n) is 1.25. The molecule has 1 fully saturated rings. The second-order valence-corrected chi connectivity index (χ2v) is 4.02. The molecule has 3 N–H and O–H groups in total. The van der Waals surface area contributed by atoms with Crippen molar-refractivity contribution in [2.24, 2.45) is 11.7 Å². The predicted molar refractivity (Wildman–Crippen MR) is 55.4 cm³/mol. The Bertz CT molecular complexity index is 225. The van der Waals surface area contributed by atoms with Crippen molar-refractivity contribution < 1.29 is 4.79 Å². The number of likely N-dealkylation sites (tertiary alicyclic amines) is 1. The van der Waals surface area contributed by atoms with E-state index in [1.54, 1.807) is 6.92 Å². The van der Waals surface area contributed by atoms with Crippen LogP contribution in [0.4, 0.5) is 0 Å². The number of nitrogens with two attached hydrogens (primary N) is 1. The maximum Gasteiger partial charge on any atom is 0.229 e. The van der Waals surface area contributed by atoms with Crippen molar-refractivity contribution in [3.05, 3.63) is 0 Å². The van der Waals surface area contributed by atoms with Crippen LogP contribution < -0.4 is 11.1 Å². The van der Waals surface area contributed by atoms with E-state index in [1.165, 1.54) is 0 Å². The Morgan fingerprint density at radius 3 is 2.62 bits per heavy atom. The number of nitrogens with zero attached hydrogens (tertiary/aromatic N) is 1. The molecule has 1 heterocycles. The van der Waals surface area contributed by atoms with Crippen LogP contribution in [0, 0.1) is 5.92 Å². The van der Waals surface area contributed by atoms with E-state index in [2.05, 4.69) is 10.2 Å². The van der Waals surface area contributed by atoms with E-state index in [1.807, 2.05) is 7.05 Å². The van der Waals surface area contributed by atoms with Gasteiger partial charge in [-0.1, -0.05) is 12.2 Å². The number of amides is 1. The van der Waals surface area contributed by atoms with Gasteiger partial charge in [0.2, 0.25) is 5.91 Å². The van der Waals surface area contributed by atoms with Gasteiger partial charge in [0.15, 0.2) is 0 Å². The molecule has 4 nitrogen and oxygen atoms in total. The maximum atomic E-state index is 11.4. The quantitative estimate of drug-likeness (QED) is 0.595. The van der Waals surface area contributed by atoms with Crippen molar-refractivity contribution in [1.82, 2.24) is 10.2 Å². The molecule has 0 radical (unpaired) electrons. The Labute approximate surface area is 83.5 Å². The molecular weight excluding hydrogens is 186 g/mol. The van der Waals surface area contributed by atoms with E-state index < -0.39 is 0 Å². The van der Waals surface area contributed by atoms with Crippen LogP contribution in [-0.2, 0) is 4.79 Å². The summed E-state index contributed by atoms with van der Waals surface area (Å²) >= 11 is 4.73. The molecule has 1 atom stereocenters. The molecule has 0 aromatic carbocycles. The first-order valence-electron chi connectivity index (χ1n) is 4.29. The van der Waals surface area contributed by atoms with Gasteiger partial charge in [-0.3, -0.25) is 4.79 Å². The summed E-state index contributed by atoms with van der Waals surface area (Å²) in [5.41, 5.74) is 5.36. The van der Waals surface area contributed by atoms with Crippen molar-refractivity contribution in [2.45, 2.75) is 13.0 Å². The molecule has 0 aliphatic carbocycles. The van der Waals surface area contributed by atoms with Crippen LogP contribution in [0.2, 0.25) is 0 Å². The average Bonchev–Trinajstić information content (AvgIpc) is 2.00. The molecule has 0 spiro atoms. The summed E-state index contributed by atoms with van der Waals surface area (Å²) in [6, 6.07) is 0.272. The molecule has 1 unspecified atom stereocenters. The number of carbonyl (C=O) groups excluding carboxylic acids is 1. The third kappa shape index (κ3) is 2.63. The summed E-state index contributed by atoms with van der Waals surface area (Å²) < 4.78 is 0. The van der Waals surface area contributed by atoms with E-state index in [9.17, 15) is 4.79 Å². The zero-order valence-corrected chi connectivity index (χ0v) is 8.73. The van der Waals surface area contributed by atoms with Gasteiger partial charge in [-0.25, -0.2) is 0 Å². The minimum Gasteiger partial charge on any atom is -0.393 e. The molecule has 0 saturated carbocycles. The summed E-state index contributed by atoms with van der Waals surface area (Å²) in [6.45, 7) is 3.55. The van der Waals surface area contributed by atoms with Crippen LogP contribution in [0.15, 0.2) is 0 Å². The Kier molecular flexibility index (Phi) is 3.22. The van der Waals surface area contributed by atoms with E-state index in [4.69, 9.17) is 18.0 Å². The third-order valence-corrected chi connectivity index (χ3v) is 2.58. The molecule has 0 aromatic rings. The summed E-state index contributed by atoms with van der Waals surface area (Å²) in [4.78, 5) is 13.8. The maximum absolute atomic E-state index is 11.4. The minimum absolute atomic E-state index is 0.0643. The lowest BCUT2D eigenvalue weighted by atomic mass is 10.1. The van der Waals surface area contributed by atoms with Crippen LogP contribution in [0.25, 0.3) is 0 Å². The molecular formula is C8H15N3OS. The van der Waals surface area contributed by atoms with Gasteiger partial charge in [0.25, 0.3) is 0 Å². The SMILES string of the molecule is CC(C(=O)NC1CN(C)C1)C(N)=S. The molecule has 1 saturated heterocycles. The Morgan fingerprint density at radius 1 is 1.69 bits per heavy atom. The van der Waals surface area contributed by atoms with Crippen LogP contribution in [0.5, 0.6) is 0 Å². The van der Waals surface area contributed by atoms with Crippen LogP contribution in [-0.4, -0.2) is 42.0 Å². The molecule has 13 heavy (non-hydrogen) atoms. The Hall–Kier alpha value is -0.680. The molecule has 1 rings (SSSR count). The first-order chi connectivity index (χ1) is 6.00. The number of hydrogen-bond acceptors (Lipinski definition) is 3. The topological polar surface area (TPSA) is 58.4 Å². The lowest BCUT2D eigenvalue weighted by Crippen LogP contribution is -2.58. The van der Waals surface area contributed by atoms with Crippen molar-refractivity contribution in [1.29, 1.82) is 0 Å². The second kappa shape index (κ2) is 4.02. The fourth-order valence-corrected chi connectivity index (χ4v) is 1.35. The molecule has 74 valence electrons. The highest BCUT2D eigenvalue weighted by atomic mass is 32.1. The first kappa shape index (κ1) is 10.4. The van der Waals surface area contributed by atoms with Gasteiger partial charge in [0.05, 0.1) is 16.9 Å². The first-order valence-corrected chi connectivity index (χ1v) is 4.69. The zero-order chi connectivity index (χ0) is 10.0. The number of hydrogen-bond donors (Lipinski definition) is 2. The van der Waals surface area contributed by atoms with Gasteiger partial charge < -0.3 is 16.0 Å². The zero-order valence-electron chi connectivity index (χ0n) is 7.91. The van der Waals surface area contributed by atoms with E-state index in [0.29, 0.717) is 0 Å². The van der Waals surface area contributed by atoms with E-state index in [-0.39, 0.29) is 22.9 Å².